The lowest BCUT2D eigenvalue weighted by atomic mass is 9.96. The van der Waals surface area contributed by atoms with Crippen molar-refractivity contribution in [2.75, 3.05) is 85.6 Å². The number of hydrogen-bond donors (Lipinski definition) is 0. The van der Waals surface area contributed by atoms with Gasteiger partial charge in [0.2, 0.25) is 0 Å². The second kappa shape index (κ2) is 18.4. The topological polar surface area (TPSA) is 60.5 Å². The predicted octanol–water partition coefficient (Wildman–Crippen LogP) is 4.48. The first kappa shape index (κ1) is 30.7. The van der Waals surface area contributed by atoms with Crippen LogP contribution in [0, 0.1) is 0 Å². The van der Waals surface area contributed by atoms with Gasteiger partial charge in [0.25, 0.3) is 0 Å². The van der Waals surface area contributed by atoms with Crippen molar-refractivity contribution in [1.29, 1.82) is 0 Å². The first-order chi connectivity index (χ1) is 18.6. The lowest BCUT2D eigenvalue weighted by molar-refractivity contribution is -0.117. The molecular formula is C30H43ClN2O5. The van der Waals surface area contributed by atoms with Crippen LogP contribution in [-0.2, 0) is 23.7 Å². The number of carbonyl (C=O) groups is 1. The Hall–Kier alpha value is -1.84. The van der Waals surface area contributed by atoms with Gasteiger partial charge in [-0.15, -0.1) is 0 Å². The summed E-state index contributed by atoms with van der Waals surface area (Å²) in [5, 5.41) is 0.768. The molecule has 1 saturated heterocycles. The molecule has 1 fully saturated rings. The fraction of sp³-hybridized carbons (Fsp3) is 0.567. The monoisotopic (exact) mass is 546 g/mol. The van der Waals surface area contributed by atoms with Crippen LogP contribution in [0.2, 0.25) is 5.02 Å². The Morgan fingerprint density at radius 3 is 1.84 bits per heavy atom. The average Bonchev–Trinajstić information content (AvgIpc) is 2.93. The van der Waals surface area contributed by atoms with Crippen LogP contribution in [0.5, 0.6) is 0 Å². The number of rotatable bonds is 19. The summed E-state index contributed by atoms with van der Waals surface area (Å²) in [7, 11) is 0. The molecule has 1 aliphatic heterocycles. The van der Waals surface area contributed by atoms with Crippen LogP contribution in [0.15, 0.2) is 54.6 Å². The van der Waals surface area contributed by atoms with Gasteiger partial charge in [-0.2, -0.15) is 0 Å². The van der Waals surface area contributed by atoms with Crippen molar-refractivity contribution in [2.45, 2.75) is 25.8 Å². The van der Waals surface area contributed by atoms with Crippen LogP contribution in [0.25, 0.3) is 0 Å². The summed E-state index contributed by atoms with van der Waals surface area (Å²) in [4.78, 5) is 15.9. The predicted molar refractivity (Wildman–Crippen MR) is 151 cm³/mol. The second-order valence-electron chi connectivity index (χ2n) is 9.50. The van der Waals surface area contributed by atoms with Crippen molar-refractivity contribution in [1.82, 2.24) is 9.80 Å². The number of nitrogens with zero attached hydrogens (tertiary/aromatic N) is 2. The zero-order valence-electron chi connectivity index (χ0n) is 22.7. The van der Waals surface area contributed by atoms with Crippen molar-refractivity contribution >= 4 is 17.4 Å². The van der Waals surface area contributed by atoms with E-state index < -0.39 is 0 Å². The van der Waals surface area contributed by atoms with Gasteiger partial charge >= 0.3 is 0 Å². The van der Waals surface area contributed by atoms with Gasteiger partial charge in [-0.05, 0) is 36.6 Å². The largest absolute Gasteiger partial charge is 0.379 e. The normalized spacial score (nSPS) is 15.5. The number of hydrogen-bond acceptors (Lipinski definition) is 7. The summed E-state index contributed by atoms with van der Waals surface area (Å²) >= 11 is 6.15. The maximum absolute atomic E-state index is 10.8. The summed E-state index contributed by atoms with van der Waals surface area (Å²) in [6.07, 6.45) is 1.35. The quantitative estimate of drug-likeness (QED) is 0.241. The number of ketones is 1. The average molecular weight is 547 g/mol. The molecule has 7 nitrogen and oxygen atoms in total. The molecule has 0 N–H and O–H groups in total. The fourth-order valence-corrected chi connectivity index (χ4v) is 4.64. The van der Waals surface area contributed by atoms with Crippen molar-refractivity contribution in [3.05, 3.63) is 70.7 Å². The molecule has 3 rings (SSSR count). The molecule has 1 unspecified atom stereocenters. The molecular weight excluding hydrogens is 504 g/mol. The Morgan fingerprint density at radius 1 is 0.737 bits per heavy atom. The second-order valence-corrected chi connectivity index (χ2v) is 9.93. The Morgan fingerprint density at radius 2 is 1.26 bits per heavy atom. The Balaban J connectivity index is 1.21. The van der Waals surface area contributed by atoms with E-state index in [1.807, 2.05) is 12.1 Å². The minimum atomic E-state index is 0.201. The SMILES string of the molecule is CC(=O)CCCOCCOCCOCCOCCN1CCN(C(c2ccccc2)c2ccc(Cl)cc2)CC1. The van der Waals surface area contributed by atoms with Gasteiger partial charge in [-0.1, -0.05) is 54.1 Å². The van der Waals surface area contributed by atoms with Gasteiger partial charge in [0.05, 0.1) is 52.3 Å². The van der Waals surface area contributed by atoms with Crippen molar-refractivity contribution in [2.24, 2.45) is 0 Å². The minimum Gasteiger partial charge on any atom is -0.379 e. The molecule has 0 spiro atoms. The van der Waals surface area contributed by atoms with Crippen molar-refractivity contribution < 1.29 is 23.7 Å². The van der Waals surface area contributed by atoms with Gasteiger partial charge in [-0.25, -0.2) is 0 Å². The van der Waals surface area contributed by atoms with E-state index in [1.54, 1.807) is 6.92 Å². The number of halogens is 1. The third-order valence-corrected chi connectivity index (χ3v) is 6.81. The summed E-state index contributed by atoms with van der Waals surface area (Å²) in [5.41, 5.74) is 2.59. The van der Waals surface area contributed by atoms with Crippen molar-refractivity contribution in [3.63, 3.8) is 0 Å². The van der Waals surface area contributed by atoms with Gasteiger partial charge in [0, 0.05) is 50.8 Å². The lowest BCUT2D eigenvalue weighted by Crippen LogP contribution is -2.48. The van der Waals surface area contributed by atoms with Crippen LogP contribution in [-0.4, -0.2) is 101 Å². The molecule has 210 valence electrons. The highest BCUT2D eigenvalue weighted by Gasteiger charge is 2.26. The van der Waals surface area contributed by atoms with Crippen LogP contribution in [0.4, 0.5) is 0 Å². The highest BCUT2D eigenvalue weighted by Crippen LogP contribution is 2.30. The van der Waals surface area contributed by atoms with Crippen LogP contribution < -0.4 is 0 Å². The maximum atomic E-state index is 10.8. The summed E-state index contributed by atoms with van der Waals surface area (Å²) in [6, 6.07) is 19.2. The molecule has 1 aliphatic rings. The van der Waals surface area contributed by atoms with Gasteiger partial charge in [0.1, 0.15) is 5.78 Å². The molecule has 1 heterocycles. The number of Topliss-reactive ketones (excluding diaryl/α,β-unsaturated/α-hetero) is 1. The maximum Gasteiger partial charge on any atom is 0.129 e. The zero-order valence-corrected chi connectivity index (χ0v) is 23.4. The Bertz CT molecular complexity index is 891. The van der Waals surface area contributed by atoms with Gasteiger partial charge < -0.3 is 23.7 Å². The molecule has 0 aromatic heterocycles. The fourth-order valence-electron chi connectivity index (χ4n) is 4.52. The third kappa shape index (κ3) is 11.9. The molecule has 38 heavy (non-hydrogen) atoms. The van der Waals surface area contributed by atoms with E-state index in [4.69, 9.17) is 30.5 Å². The number of benzene rings is 2. The van der Waals surface area contributed by atoms with E-state index in [1.165, 1.54) is 11.1 Å². The number of ether oxygens (including phenoxy) is 4. The van der Waals surface area contributed by atoms with E-state index in [0.717, 1.165) is 44.2 Å². The molecule has 0 bridgehead atoms. The zero-order chi connectivity index (χ0) is 26.8. The Kier molecular flexibility index (Phi) is 14.9. The lowest BCUT2D eigenvalue weighted by Gasteiger charge is -2.39. The third-order valence-electron chi connectivity index (χ3n) is 6.56. The van der Waals surface area contributed by atoms with Crippen LogP contribution in [0.1, 0.15) is 36.9 Å². The summed E-state index contributed by atoms with van der Waals surface area (Å²) in [6.45, 7) is 11.2. The summed E-state index contributed by atoms with van der Waals surface area (Å²) < 4.78 is 22.3. The molecule has 0 amide bonds. The van der Waals surface area contributed by atoms with Crippen molar-refractivity contribution in [3.8, 4) is 0 Å². The molecule has 0 saturated carbocycles. The van der Waals surface area contributed by atoms with Gasteiger partial charge in [-0.3, -0.25) is 9.80 Å². The minimum absolute atomic E-state index is 0.201. The molecule has 0 radical (unpaired) electrons. The Labute approximate surface area is 232 Å². The standard InChI is InChI=1S/C30H43ClN2O5/c1-26(34)6-5-18-35-20-22-37-24-25-38-23-21-36-19-17-32-13-15-33(16-14-32)30(27-7-3-2-4-8-27)28-9-11-29(31)12-10-28/h2-4,7-12,30H,5-6,13-25H2,1H3. The molecule has 2 aromatic rings. The molecule has 1 atom stereocenters. The smallest absolute Gasteiger partial charge is 0.129 e. The van der Waals surface area contributed by atoms with Gasteiger partial charge in [0.15, 0.2) is 0 Å². The van der Waals surface area contributed by atoms with E-state index in [-0.39, 0.29) is 11.8 Å². The van der Waals surface area contributed by atoms with Crippen LogP contribution >= 0.6 is 11.6 Å². The molecule has 2 aromatic carbocycles. The molecule has 0 aliphatic carbocycles. The van der Waals surface area contributed by atoms with Crippen LogP contribution in [0.3, 0.4) is 0 Å². The molecule has 8 heteroatoms. The number of piperazine rings is 1. The first-order valence-electron chi connectivity index (χ1n) is 13.7. The first-order valence-corrected chi connectivity index (χ1v) is 14.1. The highest BCUT2D eigenvalue weighted by molar-refractivity contribution is 6.30. The van der Waals surface area contributed by atoms with E-state index in [9.17, 15) is 4.79 Å². The van der Waals surface area contributed by atoms with E-state index in [2.05, 4.69) is 52.3 Å². The van der Waals surface area contributed by atoms with E-state index in [0.29, 0.717) is 59.3 Å². The number of carbonyl (C=O) groups excluding carboxylic acids is 1. The highest BCUT2D eigenvalue weighted by atomic mass is 35.5. The summed E-state index contributed by atoms with van der Waals surface area (Å²) in [5.74, 6) is 0.201. The van der Waals surface area contributed by atoms with E-state index >= 15 is 0 Å².